The molecule has 0 aromatic rings. The standard InChI is InChI=1S/C11H20N2O3/c1-3-16-11(15)9-6-4-5-7-13(9)10(14)8(2)12/h8-9H,3-7,12H2,1-2H3. The second-order valence-electron chi connectivity index (χ2n) is 4.08. The van der Waals surface area contributed by atoms with E-state index in [0.717, 1.165) is 12.8 Å². The van der Waals surface area contributed by atoms with Crippen molar-refractivity contribution in [2.24, 2.45) is 5.73 Å². The second kappa shape index (κ2) is 5.84. The molecule has 1 aliphatic rings. The number of carbonyl (C=O) groups is 2. The normalized spacial score (nSPS) is 22.7. The van der Waals surface area contributed by atoms with Gasteiger partial charge in [0.25, 0.3) is 0 Å². The minimum absolute atomic E-state index is 0.169. The molecule has 2 unspecified atom stereocenters. The van der Waals surface area contributed by atoms with Gasteiger partial charge in [0.1, 0.15) is 6.04 Å². The van der Waals surface area contributed by atoms with Crippen LogP contribution < -0.4 is 5.73 Å². The third-order valence-electron chi connectivity index (χ3n) is 2.73. The van der Waals surface area contributed by atoms with Crippen LogP contribution in [0.3, 0.4) is 0 Å². The van der Waals surface area contributed by atoms with Crippen molar-refractivity contribution in [3.63, 3.8) is 0 Å². The Kier molecular flexibility index (Phi) is 4.73. The van der Waals surface area contributed by atoms with E-state index in [4.69, 9.17) is 10.5 Å². The highest BCUT2D eigenvalue weighted by Gasteiger charge is 2.33. The molecule has 0 radical (unpaired) electrons. The Bertz CT molecular complexity index is 266. The van der Waals surface area contributed by atoms with Gasteiger partial charge >= 0.3 is 5.97 Å². The maximum absolute atomic E-state index is 11.8. The third-order valence-corrected chi connectivity index (χ3v) is 2.73. The maximum Gasteiger partial charge on any atom is 0.328 e. The first-order valence-electron chi connectivity index (χ1n) is 5.80. The van der Waals surface area contributed by atoms with Crippen molar-refractivity contribution >= 4 is 11.9 Å². The van der Waals surface area contributed by atoms with Crippen molar-refractivity contribution < 1.29 is 14.3 Å². The number of nitrogens with zero attached hydrogens (tertiary/aromatic N) is 1. The molecule has 2 N–H and O–H groups in total. The summed E-state index contributed by atoms with van der Waals surface area (Å²) in [6, 6.07) is -0.998. The minimum atomic E-state index is -0.560. The molecule has 0 aliphatic carbocycles. The van der Waals surface area contributed by atoms with Gasteiger partial charge in [-0.1, -0.05) is 0 Å². The van der Waals surface area contributed by atoms with E-state index >= 15 is 0 Å². The molecule has 2 atom stereocenters. The molecule has 1 fully saturated rings. The fraction of sp³-hybridized carbons (Fsp3) is 0.818. The average Bonchev–Trinajstić information content (AvgIpc) is 2.28. The van der Waals surface area contributed by atoms with Crippen molar-refractivity contribution in [2.75, 3.05) is 13.2 Å². The number of esters is 1. The van der Waals surface area contributed by atoms with E-state index in [0.29, 0.717) is 19.6 Å². The Hall–Kier alpha value is -1.10. The molecule has 0 saturated carbocycles. The van der Waals surface area contributed by atoms with Gasteiger partial charge in [-0.05, 0) is 33.1 Å². The molecule has 5 heteroatoms. The van der Waals surface area contributed by atoms with Crippen molar-refractivity contribution in [1.82, 2.24) is 4.90 Å². The Labute approximate surface area is 95.9 Å². The molecule has 0 bridgehead atoms. The zero-order chi connectivity index (χ0) is 12.1. The van der Waals surface area contributed by atoms with Crippen LogP contribution in [0.1, 0.15) is 33.1 Å². The van der Waals surface area contributed by atoms with Crippen LogP contribution in [-0.4, -0.2) is 42.0 Å². The lowest BCUT2D eigenvalue weighted by Crippen LogP contribution is -2.53. The van der Waals surface area contributed by atoms with E-state index in [1.807, 2.05) is 0 Å². The van der Waals surface area contributed by atoms with Gasteiger partial charge in [0.05, 0.1) is 12.6 Å². The van der Waals surface area contributed by atoms with Crippen molar-refractivity contribution in [3.8, 4) is 0 Å². The van der Waals surface area contributed by atoms with Crippen molar-refractivity contribution in [3.05, 3.63) is 0 Å². The zero-order valence-corrected chi connectivity index (χ0v) is 9.94. The van der Waals surface area contributed by atoms with Gasteiger partial charge in [0.15, 0.2) is 0 Å². The van der Waals surface area contributed by atoms with E-state index in [1.54, 1.807) is 18.7 Å². The molecule has 5 nitrogen and oxygen atoms in total. The van der Waals surface area contributed by atoms with E-state index in [9.17, 15) is 9.59 Å². The van der Waals surface area contributed by atoms with E-state index < -0.39 is 12.1 Å². The monoisotopic (exact) mass is 228 g/mol. The lowest BCUT2D eigenvalue weighted by Gasteiger charge is -2.34. The van der Waals surface area contributed by atoms with Crippen LogP contribution in [0.25, 0.3) is 0 Å². The molecule has 16 heavy (non-hydrogen) atoms. The highest BCUT2D eigenvalue weighted by molar-refractivity contribution is 5.87. The summed E-state index contributed by atoms with van der Waals surface area (Å²) in [6.07, 6.45) is 2.55. The molecule has 0 aromatic heterocycles. The van der Waals surface area contributed by atoms with E-state index in [1.165, 1.54) is 0 Å². The number of ether oxygens (including phenoxy) is 1. The molecule has 92 valence electrons. The van der Waals surface area contributed by atoms with Crippen molar-refractivity contribution in [2.45, 2.75) is 45.2 Å². The average molecular weight is 228 g/mol. The van der Waals surface area contributed by atoms with Crippen LogP contribution in [0.4, 0.5) is 0 Å². The van der Waals surface area contributed by atoms with Gasteiger partial charge < -0.3 is 15.4 Å². The number of hydrogen-bond donors (Lipinski definition) is 1. The van der Waals surface area contributed by atoms with Crippen LogP contribution in [0.15, 0.2) is 0 Å². The first-order chi connectivity index (χ1) is 7.57. The van der Waals surface area contributed by atoms with Gasteiger partial charge in [-0.25, -0.2) is 4.79 Å². The summed E-state index contributed by atoms with van der Waals surface area (Å²) in [5.41, 5.74) is 5.56. The summed E-state index contributed by atoms with van der Waals surface area (Å²) >= 11 is 0. The predicted octanol–water partition coefficient (Wildman–Crippen LogP) is 0.278. The van der Waals surface area contributed by atoms with Crippen LogP contribution in [0, 0.1) is 0 Å². The summed E-state index contributed by atoms with van der Waals surface area (Å²) in [4.78, 5) is 25.1. The van der Waals surface area contributed by atoms with Crippen LogP contribution in [-0.2, 0) is 14.3 Å². The summed E-state index contributed by atoms with van der Waals surface area (Å²) in [5, 5.41) is 0. The number of likely N-dealkylation sites (tertiary alicyclic amines) is 1. The highest BCUT2D eigenvalue weighted by atomic mass is 16.5. The lowest BCUT2D eigenvalue weighted by atomic mass is 10.0. The Balaban J connectivity index is 2.71. The number of rotatable bonds is 3. The lowest BCUT2D eigenvalue weighted by molar-refractivity contribution is -0.156. The van der Waals surface area contributed by atoms with Gasteiger partial charge in [-0.3, -0.25) is 4.79 Å². The molecule has 1 saturated heterocycles. The Morgan fingerprint density at radius 1 is 1.50 bits per heavy atom. The largest absolute Gasteiger partial charge is 0.464 e. The molecule has 0 spiro atoms. The molecule has 1 amide bonds. The summed E-state index contributed by atoms with van der Waals surface area (Å²) in [6.45, 7) is 4.34. The molecular formula is C11H20N2O3. The quantitative estimate of drug-likeness (QED) is 0.704. The fourth-order valence-electron chi connectivity index (χ4n) is 1.94. The van der Waals surface area contributed by atoms with Gasteiger partial charge in [-0.15, -0.1) is 0 Å². The fourth-order valence-corrected chi connectivity index (χ4v) is 1.94. The second-order valence-corrected chi connectivity index (χ2v) is 4.08. The van der Waals surface area contributed by atoms with Gasteiger partial charge in [-0.2, -0.15) is 0 Å². The first kappa shape index (κ1) is 13.0. The van der Waals surface area contributed by atoms with E-state index in [-0.39, 0.29) is 11.9 Å². The van der Waals surface area contributed by atoms with Crippen molar-refractivity contribution in [1.29, 1.82) is 0 Å². The molecular weight excluding hydrogens is 208 g/mol. The topological polar surface area (TPSA) is 72.6 Å². The smallest absolute Gasteiger partial charge is 0.328 e. The first-order valence-corrected chi connectivity index (χ1v) is 5.80. The van der Waals surface area contributed by atoms with E-state index in [2.05, 4.69) is 0 Å². The maximum atomic E-state index is 11.8. The number of piperidine rings is 1. The molecule has 0 aromatic carbocycles. The summed E-state index contributed by atoms with van der Waals surface area (Å²) < 4.78 is 4.97. The number of amides is 1. The highest BCUT2D eigenvalue weighted by Crippen LogP contribution is 2.18. The number of hydrogen-bond acceptors (Lipinski definition) is 4. The van der Waals surface area contributed by atoms with Gasteiger partial charge in [0.2, 0.25) is 5.91 Å². The summed E-state index contributed by atoms with van der Waals surface area (Å²) in [7, 11) is 0. The SMILES string of the molecule is CCOC(=O)C1CCCCN1C(=O)C(C)N. The molecule has 1 heterocycles. The minimum Gasteiger partial charge on any atom is -0.464 e. The Morgan fingerprint density at radius 3 is 2.75 bits per heavy atom. The summed E-state index contributed by atoms with van der Waals surface area (Å²) in [5.74, 6) is -0.478. The molecule has 1 rings (SSSR count). The number of nitrogens with two attached hydrogens (primary N) is 1. The van der Waals surface area contributed by atoms with Gasteiger partial charge in [0, 0.05) is 6.54 Å². The Morgan fingerprint density at radius 2 is 2.19 bits per heavy atom. The van der Waals surface area contributed by atoms with Crippen LogP contribution in [0.5, 0.6) is 0 Å². The van der Waals surface area contributed by atoms with Crippen LogP contribution in [0.2, 0.25) is 0 Å². The predicted molar refractivity (Wildman–Crippen MR) is 59.6 cm³/mol. The van der Waals surface area contributed by atoms with Crippen LogP contribution >= 0.6 is 0 Å². The number of carbonyl (C=O) groups excluding carboxylic acids is 2. The zero-order valence-electron chi connectivity index (χ0n) is 9.94. The molecule has 1 aliphatic heterocycles. The third kappa shape index (κ3) is 2.95.